The third-order valence-corrected chi connectivity index (χ3v) is 9.50. The summed E-state index contributed by atoms with van der Waals surface area (Å²) in [6, 6.07) is 0. The molecule has 5 heterocycles. The fourth-order valence-electron chi connectivity index (χ4n) is 7.01. The van der Waals surface area contributed by atoms with E-state index in [0.29, 0.717) is 25.0 Å². The Labute approximate surface area is 252 Å². The fourth-order valence-corrected chi connectivity index (χ4v) is 7.01. The molecule has 8 nitrogen and oxygen atoms in total. The van der Waals surface area contributed by atoms with Gasteiger partial charge in [-0.3, -0.25) is 9.59 Å². The van der Waals surface area contributed by atoms with Gasteiger partial charge in [0.15, 0.2) is 0 Å². The highest BCUT2D eigenvalue weighted by atomic mass is 16.5. The number of fused-ring (bicyclic) bond motifs is 5. The first-order chi connectivity index (χ1) is 20.5. The molecule has 6 rings (SSSR count). The number of ether oxygens (including phenoxy) is 1. The maximum Gasteiger partial charge on any atom is 0.305 e. The lowest BCUT2D eigenvalue weighted by Gasteiger charge is -2.17. The van der Waals surface area contributed by atoms with Crippen molar-refractivity contribution in [2.24, 2.45) is 26.8 Å². The number of hydrogen-bond donors (Lipinski definition) is 2. The van der Waals surface area contributed by atoms with E-state index in [1.807, 2.05) is 26.0 Å². The van der Waals surface area contributed by atoms with Crippen LogP contribution in [-0.2, 0) is 14.3 Å². The maximum absolute atomic E-state index is 12.3. The molecule has 0 radical (unpaired) electrons. The number of carbonyl (C=O) groups is 2. The standard InChI is InChI=1S/C35H38N4O4/c1-8-21-17(3)26-14-30-23(11-16(2)40)19(5)25(37-30)13-27-18(4)22(9-10-32(42)43-7)34(38-27)24-12-31(41)33-20(6)28(39-35(24)33)15-29(21)36-26/h13-15,18,22,38,41H,8-12H2,1-7H3/t18-,22-/m0/s1. The Bertz CT molecular complexity index is 1750. The van der Waals surface area contributed by atoms with Gasteiger partial charge in [0.25, 0.3) is 0 Å². The number of aliphatic imine (C=N–C) groups is 3. The van der Waals surface area contributed by atoms with Crippen LogP contribution in [0.15, 0.2) is 106 Å². The van der Waals surface area contributed by atoms with Gasteiger partial charge in [-0.15, -0.1) is 0 Å². The molecule has 0 aromatic heterocycles. The van der Waals surface area contributed by atoms with E-state index < -0.39 is 0 Å². The summed E-state index contributed by atoms with van der Waals surface area (Å²) >= 11 is 0. The van der Waals surface area contributed by atoms with E-state index in [4.69, 9.17) is 19.7 Å². The minimum Gasteiger partial charge on any atom is -0.511 e. The number of ketones is 1. The van der Waals surface area contributed by atoms with Crippen molar-refractivity contribution in [1.29, 1.82) is 0 Å². The molecule has 2 atom stereocenters. The number of aliphatic hydroxyl groups excluding tert-OH is 1. The van der Waals surface area contributed by atoms with Crippen LogP contribution in [0.25, 0.3) is 0 Å². The van der Waals surface area contributed by atoms with E-state index in [-0.39, 0.29) is 30.0 Å². The summed E-state index contributed by atoms with van der Waals surface area (Å²) in [6.45, 7) is 12.0. The quantitative estimate of drug-likeness (QED) is 0.345. The van der Waals surface area contributed by atoms with Crippen molar-refractivity contribution in [3.8, 4) is 0 Å². The van der Waals surface area contributed by atoms with E-state index >= 15 is 0 Å². The molecule has 43 heavy (non-hydrogen) atoms. The Hall–Kier alpha value is -4.33. The maximum atomic E-state index is 12.3. The predicted octanol–water partition coefficient (Wildman–Crippen LogP) is 6.59. The zero-order valence-corrected chi connectivity index (χ0v) is 25.9. The molecule has 0 spiro atoms. The number of allylic oxidation sites excluding steroid dienone is 12. The van der Waals surface area contributed by atoms with Gasteiger partial charge in [0.05, 0.1) is 41.3 Å². The van der Waals surface area contributed by atoms with Crippen LogP contribution < -0.4 is 5.32 Å². The van der Waals surface area contributed by atoms with Crippen LogP contribution in [0.1, 0.15) is 73.6 Å². The van der Waals surface area contributed by atoms with Crippen LogP contribution in [-0.4, -0.2) is 41.1 Å². The molecule has 222 valence electrons. The monoisotopic (exact) mass is 578 g/mol. The molecule has 5 aliphatic heterocycles. The fraction of sp³-hybridized carbons (Fsp3) is 0.400. The van der Waals surface area contributed by atoms with Gasteiger partial charge in [-0.25, -0.2) is 15.0 Å². The van der Waals surface area contributed by atoms with Crippen molar-refractivity contribution in [1.82, 2.24) is 5.32 Å². The van der Waals surface area contributed by atoms with Crippen LogP contribution in [0, 0.1) is 11.8 Å². The largest absolute Gasteiger partial charge is 0.511 e. The zero-order valence-electron chi connectivity index (χ0n) is 25.9. The molecule has 0 unspecified atom stereocenters. The molecule has 1 fully saturated rings. The Balaban J connectivity index is 1.59. The van der Waals surface area contributed by atoms with Gasteiger partial charge in [-0.05, 0) is 86.6 Å². The Kier molecular flexibility index (Phi) is 7.19. The molecule has 8 heteroatoms. The molecule has 1 aliphatic carbocycles. The first-order valence-electron chi connectivity index (χ1n) is 15.0. The number of methoxy groups -OCH3 is 1. The van der Waals surface area contributed by atoms with Gasteiger partial charge in [0, 0.05) is 53.6 Å². The van der Waals surface area contributed by atoms with Gasteiger partial charge in [0.2, 0.25) is 0 Å². The summed E-state index contributed by atoms with van der Waals surface area (Å²) in [7, 11) is 1.41. The summed E-state index contributed by atoms with van der Waals surface area (Å²) in [5.74, 6) is 0.174. The van der Waals surface area contributed by atoms with Crippen LogP contribution in [0.4, 0.5) is 0 Å². The lowest BCUT2D eigenvalue weighted by Crippen LogP contribution is -2.16. The zero-order chi connectivity index (χ0) is 30.7. The van der Waals surface area contributed by atoms with Crippen molar-refractivity contribution in [2.45, 2.75) is 73.6 Å². The molecule has 0 aromatic rings. The number of hydrogen-bond acceptors (Lipinski definition) is 8. The van der Waals surface area contributed by atoms with Crippen LogP contribution in [0.3, 0.4) is 0 Å². The number of rotatable bonds is 6. The molecule has 8 bridgehead atoms. The number of carbonyl (C=O) groups excluding carboxylic acids is 2. The van der Waals surface area contributed by atoms with Crippen molar-refractivity contribution in [3.63, 3.8) is 0 Å². The van der Waals surface area contributed by atoms with E-state index in [2.05, 4.69) is 32.2 Å². The summed E-state index contributed by atoms with van der Waals surface area (Å²) in [5, 5.41) is 14.9. The summed E-state index contributed by atoms with van der Waals surface area (Å²) in [4.78, 5) is 39.7. The van der Waals surface area contributed by atoms with Gasteiger partial charge < -0.3 is 15.2 Å². The highest BCUT2D eigenvalue weighted by Gasteiger charge is 2.41. The Morgan fingerprint density at radius 3 is 2.35 bits per heavy atom. The van der Waals surface area contributed by atoms with Gasteiger partial charge in [-0.2, -0.15) is 0 Å². The average Bonchev–Trinajstić information content (AvgIpc) is 3.71. The van der Waals surface area contributed by atoms with Gasteiger partial charge in [-0.1, -0.05) is 13.8 Å². The minimum absolute atomic E-state index is 0.00886. The molecule has 1 saturated heterocycles. The highest BCUT2D eigenvalue weighted by molar-refractivity contribution is 6.21. The number of Topliss-reactive ketones (excluding diaryl/α,β-unsaturated/α-hetero) is 1. The van der Waals surface area contributed by atoms with Crippen molar-refractivity contribution < 1.29 is 19.4 Å². The van der Waals surface area contributed by atoms with Crippen molar-refractivity contribution in [3.05, 3.63) is 91.5 Å². The topological polar surface area (TPSA) is 113 Å². The summed E-state index contributed by atoms with van der Waals surface area (Å²) < 4.78 is 4.97. The molecule has 0 aromatic carbocycles. The van der Waals surface area contributed by atoms with E-state index in [0.717, 1.165) is 91.1 Å². The number of esters is 1. The Morgan fingerprint density at radius 1 is 1.00 bits per heavy atom. The molecular formula is C35H38N4O4. The van der Waals surface area contributed by atoms with Gasteiger partial charge >= 0.3 is 5.97 Å². The highest BCUT2D eigenvalue weighted by Crippen LogP contribution is 2.46. The van der Waals surface area contributed by atoms with Crippen LogP contribution in [0.5, 0.6) is 0 Å². The van der Waals surface area contributed by atoms with E-state index in [9.17, 15) is 14.7 Å². The third-order valence-electron chi connectivity index (χ3n) is 9.50. The van der Waals surface area contributed by atoms with Gasteiger partial charge in [0.1, 0.15) is 11.5 Å². The predicted molar refractivity (Wildman–Crippen MR) is 169 cm³/mol. The van der Waals surface area contributed by atoms with Crippen LogP contribution >= 0.6 is 0 Å². The first-order valence-corrected chi connectivity index (χ1v) is 15.0. The van der Waals surface area contributed by atoms with E-state index in [1.165, 1.54) is 7.11 Å². The number of aliphatic hydroxyl groups is 1. The minimum atomic E-state index is -0.251. The molecule has 2 N–H and O–H groups in total. The Morgan fingerprint density at radius 2 is 1.67 bits per heavy atom. The second-order valence-electron chi connectivity index (χ2n) is 12.1. The first kappa shape index (κ1) is 28.8. The van der Waals surface area contributed by atoms with Crippen molar-refractivity contribution in [2.75, 3.05) is 7.11 Å². The molecule has 0 amide bonds. The smallest absolute Gasteiger partial charge is 0.305 e. The summed E-state index contributed by atoms with van der Waals surface area (Å²) in [6.07, 6.45) is 8.45. The number of nitrogens with zero attached hydrogens (tertiary/aromatic N) is 3. The molecule has 0 saturated carbocycles. The number of nitrogens with one attached hydrogen (secondary N) is 1. The molecular weight excluding hydrogens is 540 g/mol. The SMILES string of the molecule is CCC1=C(C)C2=NC1=CC1=C(C)C3=C(O)CC(=C4NC(=CC5=NC(=C2)C(CC(C)=O)=C5C)[C@@H](C)[C@@H]4CCC(=O)OC)C3=N1. The lowest BCUT2D eigenvalue weighted by molar-refractivity contribution is -0.140. The van der Waals surface area contributed by atoms with Crippen LogP contribution in [0.2, 0.25) is 0 Å². The second-order valence-corrected chi connectivity index (χ2v) is 12.1. The lowest BCUT2D eigenvalue weighted by atomic mass is 9.86. The second kappa shape index (κ2) is 10.7. The summed E-state index contributed by atoms with van der Waals surface area (Å²) in [5.41, 5.74) is 13.6. The normalized spacial score (nSPS) is 24.3. The van der Waals surface area contributed by atoms with Crippen molar-refractivity contribution >= 4 is 28.9 Å². The average molecular weight is 579 g/mol. The third kappa shape index (κ3) is 4.73. The molecule has 6 aliphatic rings. The van der Waals surface area contributed by atoms with E-state index in [1.54, 1.807) is 6.92 Å².